The molecule has 0 radical (unpaired) electrons. The van der Waals surface area contributed by atoms with Crippen LogP contribution in [0.4, 0.5) is 0 Å². The van der Waals surface area contributed by atoms with Crippen molar-refractivity contribution in [1.82, 2.24) is 15.6 Å². The van der Waals surface area contributed by atoms with Crippen LogP contribution in [0.25, 0.3) is 10.8 Å². The molecule has 24 heavy (non-hydrogen) atoms. The van der Waals surface area contributed by atoms with Gasteiger partial charge in [0, 0.05) is 11.9 Å². The molecule has 1 fully saturated rings. The maximum absolute atomic E-state index is 12.0. The molecule has 0 aliphatic carbocycles. The van der Waals surface area contributed by atoms with Gasteiger partial charge in [-0.2, -0.15) is 0 Å². The van der Waals surface area contributed by atoms with Crippen LogP contribution in [0.1, 0.15) is 24.3 Å². The largest absolute Gasteiger partial charge is 0.459 e. The van der Waals surface area contributed by atoms with Crippen LogP contribution in [-0.4, -0.2) is 30.5 Å². The fourth-order valence-corrected chi connectivity index (χ4v) is 3.43. The Labute approximate surface area is 158 Å². The third-order valence-electron chi connectivity index (χ3n) is 3.88. The number of halogens is 2. The Kier molecular flexibility index (Phi) is 8.76. The van der Waals surface area contributed by atoms with E-state index in [1.807, 2.05) is 24.4 Å². The van der Waals surface area contributed by atoms with Gasteiger partial charge in [-0.3, -0.25) is 4.79 Å². The highest BCUT2D eigenvalue weighted by atomic mass is 35.5. The van der Waals surface area contributed by atoms with Crippen molar-refractivity contribution >= 4 is 42.1 Å². The SMILES string of the molecule is Cc1ccc(-c2nc(CC(=O)NCCC3CCNC3)cs2)o1.Cl.Cl. The van der Waals surface area contributed by atoms with Crippen LogP contribution in [0.15, 0.2) is 21.9 Å². The van der Waals surface area contributed by atoms with Gasteiger partial charge in [-0.15, -0.1) is 36.2 Å². The smallest absolute Gasteiger partial charge is 0.226 e. The highest BCUT2D eigenvalue weighted by Crippen LogP contribution is 2.25. The molecule has 0 spiro atoms. The van der Waals surface area contributed by atoms with Crippen molar-refractivity contribution in [1.29, 1.82) is 0 Å². The van der Waals surface area contributed by atoms with Gasteiger partial charge in [-0.05, 0) is 50.9 Å². The topological polar surface area (TPSA) is 67.2 Å². The minimum absolute atomic E-state index is 0. The summed E-state index contributed by atoms with van der Waals surface area (Å²) in [5, 5.41) is 9.08. The molecule has 134 valence electrons. The van der Waals surface area contributed by atoms with E-state index in [2.05, 4.69) is 15.6 Å². The zero-order valence-electron chi connectivity index (χ0n) is 13.5. The van der Waals surface area contributed by atoms with Gasteiger partial charge in [-0.25, -0.2) is 4.98 Å². The van der Waals surface area contributed by atoms with Crippen LogP contribution in [-0.2, 0) is 11.2 Å². The van der Waals surface area contributed by atoms with Crippen molar-refractivity contribution in [3.8, 4) is 10.8 Å². The number of nitrogens with one attached hydrogen (secondary N) is 2. The molecular weight excluding hydrogens is 369 g/mol. The summed E-state index contributed by atoms with van der Waals surface area (Å²) in [5.41, 5.74) is 0.800. The first-order valence-electron chi connectivity index (χ1n) is 7.69. The number of furan rings is 1. The Balaban J connectivity index is 0.00000144. The monoisotopic (exact) mass is 391 g/mol. The molecule has 8 heteroatoms. The standard InChI is InChI=1S/C16H21N3O2S.2ClH/c1-11-2-3-14(21-11)16-19-13(10-22-16)8-15(20)18-7-5-12-4-6-17-9-12;;/h2-3,10,12,17H,4-9H2,1H3,(H,18,20);2*1H. The molecule has 1 saturated heterocycles. The molecule has 2 aromatic heterocycles. The average Bonchev–Trinajstić information content (AvgIpc) is 3.20. The Morgan fingerprint density at radius 1 is 1.46 bits per heavy atom. The molecule has 5 nitrogen and oxygen atoms in total. The summed E-state index contributed by atoms with van der Waals surface area (Å²) in [7, 11) is 0. The number of hydrogen-bond donors (Lipinski definition) is 2. The molecule has 1 atom stereocenters. The normalized spacial score (nSPS) is 16.3. The highest BCUT2D eigenvalue weighted by molar-refractivity contribution is 7.13. The van der Waals surface area contributed by atoms with Gasteiger partial charge in [-0.1, -0.05) is 0 Å². The third kappa shape index (κ3) is 5.77. The number of thiazole rings is 1. The second-order valence-corrected chi connectivity index (χ2v) is 6.59. The Morgan fingerprint density at radius 2 is 2.29 bits per heavy atom. The molecule has 2 aromatic rings. The number of amides is 1. The van der Waals surface area contributed by atoms with E-state index in [0.717, 1.165) is 48.3 Å². The summed E-state index contributed by atoms with van der Waals surface area (Å²) < 4.78 is 5.55. The minimum atomic E-state index is 0. The molecule has 0 saturated carbocycles. The van der Waals surface area contributed by atoms with Crippen molar-refractivity contribution in [2.45, 2.75) is 26.2 Å². The zero-order chi connectivity index (χ0) is 15.4. The molecule has 3 heterocycles. The van der Waals surface area contributed by atoms with E-state index in [0.29, 0.717) is 12.3 Å². The summed E-state index contributed by atoms with van der Waals surface area (Å²) >= 11 is 1.51. The molecule has 1 aliphatic heterocycles. The quantitative estimate of drug-likeness (QED) is 0.792. The summed E-state index contributed by atoms with van der Waals surface area (Å²) in [6, 6.07) is 3.83. The predicted molar refractivity (Wildman–Crippen MR) is 101 cm³/mol. The van der Waals surface area contributed by atoms with Gasteiger partial charge >= 0.3 is 0 Å². The first kappa shape index (κ1) is 21.0. The van der Waals surface area contributed by atoms with E-state index >= 15 is 0 Å². The van der Waals surface area contributed by atoms with Crippen LogP contribution >= 0.6 is 36.2 Å². The van der Waals surface area contributed by atoms with Crippen molar-refractivity contribution in [2.24, 2.45) is 5.92 Å². The predicted octanol–water partition coefficient (Wildman–Crippen LogP) is 3.21. The number of nitrogens with zero attached hydrogens (tertiary/aromatic N) is 1. The highest BCUT2D eigenvalue weighted by Gasteiger charge is 2.15. The summed E-state index contributed by atoms with van der Waals surface area (Å²) in [5.74, 6) is 2.38. The summed E-state index contributed by atoms with van der Waals surface area (Å²) in [6.07, 6.45) is 2.60. The summed E-state index contributed by atoms with van der Waals surface area (Å²) in [4.78, 5) is 16.4. The van der Waals surface area contributed by atoms with Crippen molar-refractivity contribution < 1.29 is 9.21 Å². The molecule has 1 aliphatic rings. The van der Waals surface area contributed by atoms with Gasteiger partial charge in [0.05, 0.1) is 12.1 Å². The lowest BCUT2D eigenvalue weighted by atomic mass is 10.1. The molecule has 1 unspecified atom stereocenters. The number of hydrogen-bond acceptors (Lipinski definition) is 5. The van der Waals surface area contributed by atoms with Crippen LogP contribution in [0.5, 0.6) is 0 Å². The molecule has 0 aromatic carbocycles. The Morgan fingerprint density at radius 3 is 2.96 bits per heavy atom. The van der Waals surface area contributed by atoms with Crippen LogP contribution in [0.3, 0.4) is 0 Å². The van der Waals surface area contributed by atoms with Gasteiger partial charge in [0.1, 0.15) is 5.76 Å². The van der Waals surface area contributed by atoms with Crippen LogP contribution < -0.4 is 10.6 Å². The van der Waals surface area contributed by atoms with E-state index in [1.54, 1.807) is 0 Å². The van der Waals surface area contributed by atoms with E-state index in [-0.39, 0.29) is 30.7 Å². The van der Waals surface area contributed by atoms with Crippen molar-refractivity contribution in [2.75, 3.05) is 19.6 Å². The van der Waals surface area contributed by atoms with Gasteiger partial charge in [0.15, 0.2) is 10.8 Å². The number of aryl methyl sites for hydroxylation is 1. The van der Waals surface area contributed by atoms with Gasteiger partial charge in [0.25, 0.3) is 0 Å². The van der Waals surface area contributed by atoms with Crippen LogP contribution in [0, 0.1) is 12.8 Å². The van der Waals surface area contributed by atoms with Gasteiger partial charge < -0.3 is 15.1 Å². The number of carbonyl (C=O) groups is 1. The molecule has 0 bridgehead atoms. The van der Waals surface area contributed by atoms with E-state index in [1.165, 1.54) is 17.8 Å². The Bertz CT molecular complexity index is 639. The molecule has 2 N–H and O–H groups in total. The molecule has 3 rings (SSSR count). The fraction of sp³-hybridized carbons (Fsp3) is 0.500. The molecular formula is C16H23Cl2N3O2S. The second kappa shape index (κ2) is 10.0. The maximum atomic E-state index is 12.0. The van der Waals surface area contributed by atoms with Crippen molar-refractivity contribution in [3.05, 3.63) is 29.0 Å². The number of aromatic nitrogens is 1. The van der Waals surface area contributed by atoms with Crippen LogP contribution in [0.2, 0.25) is 0 Å². The number of carbonyl (C=O) groups excluding carboxylic acids is 1. The van der Waals surface area contributed by atoms with E-state index in [4.69, 9.17) is 4.42 Å². The van der Waals surface area contributed by atoms with Gasteiger partial charge in [0.2, 0.25) is 5.91 Å². The second-order valence-electron chi connectivity index (χ2n) is 5.73. The van der Waals surface area contributed by atoms with E-state index < -0.39 is 0 Å². The third-order valence-corrected chi connectivity index (χ3v) is 4.79. The van der Waals surface area contributed by atoms with E-state index in [9.17, 15) is 4.79 Å². The lowest BCUT2D eigenvalue weighted by Crippen LogP contribution is -2.27. The Hall–Kier alpha value is -1.08. The lowest BCUT2D eigenvalue weighted by Gasteiger charge is -2.08. The van der Waals surface area contributed by atoms with Crippen molar-refractivity contribution in [3.63, 3.8) is 0 Å². The first-order chi connectivity index (χ1) is 10.7. The number of rotatable bonds is 6. The summed E-state index contributed by atoms with van der Waals surface area (Å²) in [6.45, 7) is 4.84. The first-order valence-corrected chi connectivity index (χ1v) is 8.57. The average molecular weight is 392 g/mol. The molecule has 1 amide bonds. The minimum Gasteiger partial charge on any atom is -0.459 e. The zero-order valence-corrected chi connectivity index (χ0v) is 16.0. The lowest BCUT2D eigenvalue weighted by molar-refractivity contribution is -0.120. The fourth-order valence-electron chi connectivity index (χ4n) is 2.65. The maximum Gasteiger partial charge on any atom is 0.226 e.